The standard InChI is InChI=1S/C16H14N2O5/c19-14(8-3-5-11(6-4-8)18(22)23)17-15(20)12-9-1-2-10(7-9)13(12)16(17)21/h1-6,9-10,12-14,19H,7H2/t9-,10-,12+,13+,14-/m0/s1. The van der Waals surface area contributed by atoms with Crippen LogP contribution in [-0.4, -0.2) is 26.7 Å². The Bertz CT molecular complexity index is 711. The predicted molar refractivity (Wildman–Crippen MR) is 77.6 cm³/mol. The highest BCUT2D eigenvalue weighted by atomic mass is 16.6. The average molecular weight is 314 g/mol. The van der Waals surface area contributed by atoms with Gasteiger partial charge in [-0.2, -0.15) is 0 Å². The third-order valence-corrected chi connectivity index (χ3v) is 5.15. The largest absolute Gasteiger partial charge is 0.369 e. The molecule has 0 unspecified atom stereocenters. The van der Waals surface area contributed by atoms with E-state index in [9.17, 15) is 24.8 Å². The van der Waals surface area contributed by atoms with E-state index in [2.05, 4.69) is 0 Å². The van der Waals surface area contributed by atoms with Gasteiger partial charge in [-0.15, -0.1) is 0 Å². The second-order valence-electron chi connectivity index (χ2n) is 6.27. The third-order valence-electron chi connectivity index (χ3n) is 5.15. The molecule has 1 aromatic rings. The van der Waals surface area contributed by atoms with Gasteiger partial charge < -0.3 is 5.11 Å². The van der Waals surface area contributed by atoms with E-state index in [1.165, 1.54) is 24.3 Å². The first-order valence-corrected chi connectivity index (χ1v) is 7.46. The number of nitro benzene ring substituents is 1. The van der Waals surface area contributed by atoms with Gasteiger partial charge in [-0.05, 0) is 30.4 Å². The number of benzene rings is 1. The smallest absolute Gasteiger partial charge is 0.269 e. The van der Waals surface area contributed by atoms with Crippen LogP contribution in [0.2, 0.25) is 0 Å². The molecule has 2 fully saturated rings. The predicted octanol–water partition coefficient (Wildman–Crippen LogP) is 1.39. The van der Waals surface area contributed by atoms with Gasteiger partial charge in [-0.25, -0.2) is 0 Å². The van der Waals surface area contributed by atoms with Crippen LogP contribution >= 0.6 is 0 Å². The first-order valence-electron chi connectivity index (χ1n) is 7.46. The van der Waals surface area contributed by atoms with E-state index < -0.39 is 11.2 Å². The topological polar surface area (TPSA) is 101 Å². The van der Waals surface area contributed by atoms with Crippen LogP contribution in [0.25, 0.3) is 0 Å². The van der Waals surface area contributed by atoms with Crippen LogP contribution in [0.1, 0.15) is 18.2 Å². The van der Waals surface area contributed by atoms with E-state index in [1.807, 2.05) is 12.2 Å². The summed E-state index contributed by atoms with van der Waals surface area (Å²) >= 11 is 0. The first kappa shape index (κ1) is 14.1. The van der Waals surface area contributed by atoms with E-state index >= 15 is 0 Å². The Morgan fingerprint density at radius 3 is 2.09 bits per heavy atom. The van der Waals surface area contributed by atoms with Crippen molar-refractivity contribution in [2.45, 2.75) is 12.6 Å². The Kier molecular flexibility index (Phi) is 2.89. The average Bonchev–Trinajstić information content (AvgIpc) is 3.21. The summed E-state index contributed by atoms with van der Waals surface area (Å²) in [6.45, 7) is 0. The van der Waals surface area contributed by atoms with Crippen molar-refractivity contribution < 1.29 is 19.6 Å². The number of non-ortho nitro benzene ring substituents is 1. The molecule has 1 heterocycles. The minimum absolute atomic E-state index is 0.0792. The summed E-state index contributed by atoms with van der Waals surface area (Å²) in [4.78, 5) is 36.2. The van der Waals surface area contributed by atoms with Crippen LogP contribution in [0.15, 0.2) is 36.4 Å². The number of aliphatic hydroxyl groups is 1. The minimum Gasteiger partial charge on any atom is -0.369 e. The molecule has 2 amide bonds. The van der Waals surface area contributed by atoms with Crippen LogP contribution < -0.4 is 0 Å². The van der Waals surface area contributed by atoms with Gasteiger partial charge in [0.1, 0.15) is 0 Å². The fourth-order valence-electron chi connectivity index (χ4n) is 4.08. The van der Waals surface area contributed by atoms with Gasteiger partial charge in [0.15, 0.2) is 6.23 Å². The van der Waals surface area contributed by atoms with E-state index in [4.69, 9.17) is 0 Å². The second-order valence-corrected chi connectivity index (χ2v) is 6.27. The molecule has 0 spiro atoms. The molecule has 7 nitrogen and oxygen atoms in total. The molecule has 1 aliphatic heterocycles. The molecule has 2 bridgehead atoms. The SMILES string of the molecule is O=C1[C@H]2[C@H](C(=O)N1[C@@H](O)c1ccc([N+](=O)[O-])cc1)[C@H]1C=C[C@H]2C1. The molecule has 2 aliphatic carbocycles. The van der Waals surface area contributed by atoms with Crippen LogP contribution in [-0.2, 0) is 9.59 Å². The summed E-state index contributed by atoms with van der Waals surface area (Å²) in [7, 11) is 0. The molecule has 1 saturated carbocycles. The van der Waals surface area contributed by atoms with Gasteiger partial charge >= 0.3 is 0 Å². The molecule has 118 valence electrons. The summed E-state index contributed by atoms with van der Waals surface area (Å²) in [6, 6.07) is 5.22. The molecule has 5 atom stereocenters. The molecule has 4 rings (SSSR count). The summed E-state index contributed by atoms with van der Waals surface area (Å²) in [5, 5.41) is 21.1. The van der Waals surface area contributed by atoms with Crippen LogP contribution in [0.5, 0.6) is 0 Å². The zero-order valence-electron chi connectivity index (χ0n) is 12.0. The Hall–Kier alpha value is -2.54. The molecule has 3 aliphatic rings. The minimum atomic E-state index is -1.40. The number of carbonyl (C=O) groups excluding carboxylic acids is 2. The Balaban J connectivity index is 1.62. The van der Waals surface area contributed by atoms with Gasteiger partial charge in [-0.3, -0.25) is 24.6 Å². The highest BCUT2D eigenvalue weighted by Gasteiger charge is 2.60. The maximum atomic E-state index is 12.6. The number of hydrogen-bond donors (Lipinski definition) is 1. The molecule has 0 aromatic heterocycles. The van der Waals surface area contributed by atoms with Crippen LogP contribution in [0.3, 0.4) is 0 Å². The lowest BCUT2D eigenvalue weighted by atomic mass is 9.85. The number of nitro groups is 1. The summed E-state index contributed by atoms with van der Waals surface area (Å²) in [5.41, 5.74) is 0.178. The number of hydrogen-bond acceptors (Lipinski definition) is 5. The van der Waals surface area contributed by atoms with Crippen molar-refractivity contribution in [3.05, 3.63) is 52.1 Å². The number of amides is 2. The zero-order chi connectivity index (χ0) is 16.3. The molecule has 7 heteroatoms. The summed E-state index contributed by atoms with van der Waals surface area (Å²) in [6.07, 6.45) is 3.40. The Labute approximate surface area is 131 Å². The summed E-state index contributed by atoms with van der Waals surface area (Å²) in [5.74, 6) is -1.27. The third kappa shape index (κ3) is 1.86. The Morgan fingerprint density at radius 2 is 1.61 bits per heavy atom. The lowest BCUT2D eigenvalue weighted by Crippen LogP contribution is -2.36. The highest BCUT2D eigenvalue weighted by molar-refractivity contribution is 6.06. The summed E-state index contributed by atoms with van der Waals surface area (Å²) < 4.78 is 0. The maximum Gasteiger partial charge on any atom is 0.269 e. The quantitative estimate of drug-likeness (QED) is 0.393. The number of carbonyl (C=O) groups is 2. The van der Waals surface area contributed by atoms with Crippen molar-refractivity contribution in [2.24, 2.45) is 23.7 Å². The molecule has 1 saturated heterocycles. The fraction of sp³-hybridized carbons (Fsp3) is 0.375. The monoisotopic (exact) mass is 314 g/mol. The maximum absolute atomic E-state index is 12.6. The van der Waals surface area contributed by atoms with Gasteiger partial charge in [0, 0.05) is 17.7 Å². The molecular formula is C16H14N2O5. The number of fused-ring (bicyclic) bond motifs is 5. The second kappa shape index (κ2) is 4.73. The normalized spacial score (nSPS) is 32.5. The Morgan fingerprint density at radius 1 is 1.09 bits per heavy atom. The van der Waals surface area contributed by atoms with E-state index in [1.54, 1.807) is 0 Å². The number of likely N-dealkylation sites (tertiary alicyclic amines) is 1. The van der Waals surface area contributed by atoms with Crippen molar-refractivity contribution >= 4 is 17.5 Å². The van der Waals surface area contributed by atoms with E-state index in [-0.39, 0.29) is 46.7 Å². The van der Waals surface area contributed by atoms with E-state index in [0.717, 1.165) is 11.3 Å². The van der Waals surface area contributed by atoms with Crippen molar-refractivity contribution in [3.63, 3.8) is 0 Å². The van der Waals surface area contributed by atoms with Crippen molar-refractivity contribution in [1.82, 2.24) is 4.90 Å². The van der Waals surface area contributed by atoms with Crippen molar-refractivity contribution in [2.75, 3.05) is 0 Å². The molecule has 1 aromatic carbocycles. The molecular weight excluding hydrogens is 300 g/mol. The molecule has 0 radical (unpaired) electrons. The van der Waals surface area contributed by atoms with Crippen molar-refractivity contribution in [1.29, 1.82) is 0 Å². The molecule has 1 N–H and O–H groups in total. The number of nitrogens with zero attached hydrogens (tertiary/aromatic N) is 2. The van der Waals surface area contributed by atoms with Gasteiger partial charge in [-0.1, -0.05) is 12.2 Å². The lowest BCUT2D eigenvalue weighted by Gasteiger charge is -2.23. The van der Waals surface area contributed by atoms with Crippen molar-refractivity contribution in [3.8, 4) is 0 Å². The highest BCUT2D eigenvalue weighted by Crippen LogP contribution is 2.53. The first-order chi connectivity index (χ1) is 11.0. The van der Waals surface area contributed by atoms with Gasteiger partial charge in [0.2, 0.25) is 11.8 Å². The number of imide groups is 1. The van der Waals surface area contributed by atoms with Gasteiger partial charge in [0.05, 0.1) is 16.8 Å². The zero-order valence-corrected chi connectivity index (χ0v) is 12.0. The molecule has 23 heavy (non-hydrogen) atoms. The number of allylic oxidation sites excluding steroid dienone is 2. The van der Waals surface area contributed by atoms with Crippen LogP contribution in [0, 0.1) is 33.8 Å². The lowest BCUT2D eigenvalue weighted by molar-refractivity contribution is -0.384. The van der Waals surface area contributed by atoms with E-state index in [0.29, 0.717) is 0 Å². The number of aliphatic hydroxyl groups excluding tert-OH is 1. The van der Waals surface area contributed by atoms with Gasteiger partial charge in [0.25, 0.3) is 5.69 Å². The fourth-order valence-corrected chi connectivity index (χ4v) is 4.08. The van der Waals surface area contributed by atoms with Crippen LogP contribution in [0.4, 0.5) is 5.69 Å². The number of rotatable bonds is 3.